The van der Waals surface area contributed by atoms with Crippen LogP contribution in [0.1, 0.15) is 5.56 Å². The summed E-state index contributed by atoms with van der Waals surface area (Å²) >= 11 is 0. The molecule has 0 aromatic heterocycles. The van der Waals surface area contributed by atoms with E-state index in [1.807, 2.05) is 0 Å². The van der Waals surface area contributed by atoms with Gasteiger partial charge in [-0.2, -0.15) is 13.2 Å². The summed E-state index contributed by atoms with van der Waals surface area (Å²) in [5.41, 5.74) is 2.19. The summed E-state index contributed by atoms with van der Waals surface area (Å²) in [4.78, 5) is 8.99. The summed E-state index contributed by atoms with van der Waals surface area (Å²) in [6.45, 7) is -1.22. The van der Waals surface area contributed by atoms with E-state index in [1.165, 1.54) is 0 Å². The average molecular weight is 238 g/mol. The number of alkyl halides is 2. The minimum absolute atomic E-state index is 0.0837. The van der Waals surface area contributed by atoms with Gasteiger partial charge in [0, 0.05) is 0 Å². The second-order valence-electron chi connectivity index (χ2n) is 2.95. The van der Waals surface area contributed by atoms with Crippen LogP contribution in [0.2, 0.25) is 0 Å². The second-order valence-corrected chi connectivity index (χ2v) is 2.95. The molecule has 0 aliphatic heterocycles. The van der Waals surface area contributed by atoms with Gasteiger partial charge >= 0.3 is 5.69 Å². The minimum Gasteiger partial charge on any atom is -0.325 e. The molecule has 0 bridgehead atoms. The van der Waals surface area contributed by atoms with E-state index in [0.717, 1.165) is 0 Å². The Morgan fingerprint density at radius 2 is 1.88 bits per heavy atom. The first-order valence-electron chi connectivity index (χ1n) is 4.01. The van der Waals surface area contributed by atoms with Gasteiger partial charge in [0.15, 0.2) is 0 Å². The number of benzene rings is 1. The molecule has 0 saturated heterocycles. The fourth-order valence-corrected chi connectivity index (χ4v) is 1.07. The number of hydrogen-bond acceptors (Lipinski definition) is 3. The summed E-state index contributed by atoms with van der Waals surface area (Å²) in [6.07, 6.45) is 0. The molecule has 16 heavy (non-hydrogen) atoms. The molecule has 0 aliphatic carbocycles. The maximum absolute atomic E-state index is 13.1. The zero-order chi connectivity index (χ0) is 12.5. The van der Waals surface area contributed by atoms with Gasteiger partial charge in [-0.25, -0.2) is 4.39 Å². The van der Waals surface area contributed by atoms with Crippen molar-refractivity contribution in [3.63, 3.8) is 0 Å². The van der Waals surface area contributed by atoms with Crippen molar-refractivity contribution in [3.05, 3.63) is 39.4 Å². The molecule has 1 aromatic carbocycles. The Hall–Kier alpha value is -1.70. The number of nitrogens with two attached hydrogens (primary N) is 1. The number of nitro groups is 1. The first kappa shape index (κ1) is 12.4. The Kier molecular flexibility index (Phi) is 3.13. The van der Waals surface area contributed by atoms with Gasteiger partial charge in [0.1, 0.15) is 5.82 Å². The molecule has 4 nitrogen and oxygen atoms in total. The van der Waals surface area contributed by atoms with E-state index in [2.05, 4.69) is 5.73 Å². The van der Waals surface area contributed by atoms with Crippen LogP contribution in [0.4, 0.5) is 23.2 Å². The lowest BCUT2D eigenvalue weighted by Gasteiger charge is -2.14. The zero-order valence-corrected chi connectivity index (χ0v) is 7.71. The number of nitro benzene ring substituents is 1. The number of halogens is 4. The molecule has 1 rings (SSSR count). The topological polar surface area (TPSA) is 69.2 Å². The van der Waals surface area contributed by atoms with E-state index >= 15 is 0 Å². The third-order valence-electron chi connectivity index (χ3n) is 1.88. The Morgan fingerprint density at radius 1 is 1.31 bits per heavy atom. The fourth-order valence-electron chi connectivity index (χ4n) is 1.07. The highest BCUT2D eigenvalue weighted by Gasteiger charge is 2.35. The predicted octanol–water partition coefficient (Wildman–Crippen LogP) is 1.92. The zero-order valence-electron chi connectivity index (χ0n) is 7.71. The largest absolute Gasteiger partial charge is 0.325 e. The highest BCUT2D eigenvalue weighted by Crippen LogP contribution is 2.32. The SMILES string of the molecule is NCC(F)(F)c1cc(F)c([N+](=O)[O-])cc1F. The van der Waals surface area contributed by atoms with Gasteiger partial charge in [-0.1, -0.05) is 0 Å². The molecule has 0 saturated carbocycles. The van der Waals surface area contributed by atoms with Crippen LogP contribution >= 0.6 is 0 Å². The Bertz CT molecular complexity index is 436. The lowest BCUT2D eigenvalue weighted by Crippen LogP contribution is -2.26. The second kappa shape index (κ2) is 4.05. The quantitative estimate of drug-likeness (QED) is 0.497. The molecule has 1 aromatic rings. The van der Waals surface area contributed by atoms with Crippen molar-refractivity contribution in [2.45, 2.75) is 5.92 Å². The van der Waals surface area contributed by atoms with Gasteiger partial charge in [-0.15, -0.1) is 0 Å². The molecule has 0 fully saturated rings. The average Bonchev–Trinajstić information content (AvgIpc) is 2.20. The Labute approximate surface area is 86.8 Å². The fraction of sp³-hybridized carbons (Fsp3) is 0.250. The summed E-state index contributed by atoms with van der Waals surface area (Å²) in [6, 6.07) is 0.189. The van der Waals surface area contributed by atoms with Crippen LogP contribution in [0.25, 0.3) is 0 Å². The highest BCUT2D eigenvalue weighted by molar-refractivity contribution is 5.38. The van der Waals surface area contributed by atoms with Gasteiger partial charge in [-0.3, -0.25) is 10.1 Å². The lowest BCUT2D eigenvalue weighted by molar-refractivity contribution is -0.387. The molecule has 0 radical (unpaired) electrons. The molecule has 8 heteroatoms. The van der Waals surface area contributed by atoms with Crippen molar-refractivity contribution < 1.29 is 22.5 Å². The van der Waals surface area contributed by atoms with Crippen molar-refractivity contribution in [2.75, 3.05) is 6.54 Å². The third-order valence-corrected chi connectivity index (χ3v) is 1.88. The van der Waals surface area contributed by atoms with Gasteiger partial charge in [0.25, 0.3) is 5.92 Å². The smallest absolute Gasteiger partial charge is 0.307 e. The molecule has 0 unspecified atom stereocenters. The van der Waals surface area contributed by atoms with E-state index in [1.54, 1.807) is 0 Å². The van der Waals surface area contributed by atoms with Crippen molar-refractivity contribution in [3.8, 4) is 0 Å². The number of hydrogen-bond donors (Lipinski definition) is 1. The van der Waals surface area contributed by atoms with E-state index in [-0.39, 0.29) is 12.1 Å². The van der Waals surface area contributed by atoms with Gasteiger partial charge in [0.2, 0.25) is 5.82 Å². The van der Waals surface area contributed by atoms with E-state index in [0.29, 0.717) is 0 Å². The van der Waals surface area contributed by atoms with Crippen molar-refractivity contribution in [1.29, 1.82) is 0 Å². The molecule has 0 aliphatic rings. The maximum atomic E-state index is 13.1. The minimum atomic E-state index is -3.76. The van der Waals surface area contributed by atoms with E-state index in [9.17, 15) is 27.7 Å². The first-order chi connectivity index (χ1) is 7.29. The molecular weight excluding hydrogens is 232 g/mol. The first-order valence-corrected chi connectivity index (χ1v) is 4.01. The maximum Gasteiger partial charge on any atom is 0.307 e. The molecule has 88 valence electrons. The molecular formula is C8H6F4N2O2. The summed E-state index contributed by atoms with van der Waals surface area (Å²) < 4.78 is 51.9. The molecule has 0 spiro atoms. The van der Waals surface area contributed by atoms with Gasteiger partial charge in [0.05, 0.1) is 23.1 Å². The predicted molar refractivity (Wildman–Crippen MR) is 46.0 cm³/mol. The van der Waals surface area contributed by atoms with Crippen LogP contribution in [0, 0.1) is 21.7 Å². The van der Waals surface area contributed by atoms with Gasteiger partial charge < -0.3 is 5.73 Å². The highest BCUT2D eigenvalue weighted by atomic mass is 19.3. The van der Waals surface area contributed by atoms with E-state index < -0.39 is 40.3 Å². The van der Waals surface area contributed by atoms with Crippen LogP contribution in [0.3, 0.4) is 0 Å². The monoisotopic (exact) mass is 238 g/mol. The van der Waals surface area contributed by atoms with Crippen LogP contribution < -0.4 is 5.73 Å². The standard InChI is InChI=1S/C8H6F4N2O2/c9-5-2-7(14(15)16)6(10)1-4(5)8(11,12)3-13/h1-2H,3,13H2. The van der Waals surface area contributed by atoms with Crippen molar-refractivity contribution >= 4 is 5.69 Å². The van der Waals surface area contributed by atoms with Crippen LogP contribution in [-0.4, -0.2) is 11.5 Å². The molecule has 0 heterocycles. The summed E-state index contributed by atoms with van der Waals surface area (Å²) in [5, 5.41) is 10.2. The Morgan fingerprint density at radius 3 is 2.31 bits per heavy atom. The Balaban J connectivity index is 3.37. The normalized spacial score (nSPS) is 11.6. The number of rotatable bonds is 3. The van der Waals surface area contributed by atoms with Gasteiger partial charge in [-0.05, 0) is 6.07 Å². The summed E-state index contributed by atoms with van der Waals surface area (Å²) in [7, 11) is 0. The lowest BCUT2D eigenvalue weighted by atomic mass is 10.1. The summed E-state index contributed by atoms with van der Waals surface area (Å²) in [5.74, 6) is -6.86. The van der Waals surface area contributed by atoms with Crippen LogP contribution in [0.15, 0.2) is 12.1 Å². The van der Waals surface area contributed by atoms with Crippen LogP contribution in [-0.2, 0) is 5.92 Å². The third kappa shape index (κ3) is 2.11. The molecule has 0 amide bonds. The van der Waals surface area contributed by atoms with E-state index in [4.69, 9.17) is 0 Å². The van der Waals surface area contributed by atoms with Crippen molar-refractivity contribution in [2.24, 2.45) is 5.73 Å². The van der Waals surface area contributed by atoms with Crippen LogP contribution in [0.5, 0.6) is 0 Å². The molecule has 2 N–H and O–H groups in total. The molecule has 0 atom stereocenters. The van der Waals surface area contributed by atoms with Crippen molar-refractivity contribution in [1.82, 2.24) is 0 Å². The number of nitrogens with zero attached hydrogens (tertiary/aromatic N) is 1.